The van der Waals surface area contributed by atoms with Crippen molar-refractivity contribution in [1.29, 1.82) is 0 Å². The van der Waals surface area contributed by atoms with Crippen molar-refractivity contribution in [3.8, 4) is 0 Å². The number of anilines is 1. The number of ether oxygens (including phenoxy) is 2. The minimum Gasteiger partial charge on any atom is -0.469 e. The van der Waals surface area contributed by atoms with Gasteiger partial charge in [0.15, 0.2) is 0 Å². The molecule has 0 fully saturated rings. The number of amides is 2. The van der Waals surface area contributed by atoms with Gasteiger partial charge in [0.1, 0.15) is 0 Å². The molecule has 1 aromatic rings. The molecular formula is C21H22Cl2N2O5. The van der Waals surface area contributed by atoms with Crippen molar-refractivity contribution in [2.24, 2.45) is 5.92 Å². The van der Waals surface area contributed by atoms with Gasteiger partial charge in [0, 0.05) is 21.8 Å². The summed E-state index contributed by atoms with van der Waals surface area (Å²) in [4.78, 5) is 38.2. The number of nitrogens with one attached hydrogen (secondary N) is 2. The summed E-state index contributed by atoms with van der Waals surface area (Å²) < 4.78 is 10.6. The molecule has 0 spiro atoms. The Bertz CT molecular complexity index is 925. The van der Waals surface area contributed by atoms with Crippen LogP contribution < -0.4 is 10.6 Å². The Labute approximate surface area is 184 Å². The fourth-order valence-corrected chi connectivity index (χ4v) is 4.22. The summed E-state index contributed by atoms with van der Waals surface area (Å²) in [7, 11) is 1.31. The van der Waals surface area contributed by atoms with E-state index in [1.807, 2.05) is 0 Å². The quantitative estimate of drug-likeness (QED) is 0.406. The second-order valence-corrected chi connectivity index (χ2v) is 8.17. The molecule has 1 aliphatic carbocycles. The number of halogens is 2. The topological polar surface area (TPSA) is 93.7 Å². The van der Waals surface area contributed by atoms with Crippen molar-refractivity contribution in [3.63, 3.8) is 0 Å². The van der Waals surface area contributed by atoms with E-state index in [9.17, 15) is 14.4 Å². The maximum Gasteiger partial charge on any atom is 0.312 e. The Morgan fingerprint density at radius 1 is 1.13 bits per heavy atom. The number of hydrogen-bond donors (Lipinski definition) is 2. The van der Waals surface area contributed by atoms with Gasteiger partial charge in [-0.1, -0.05) is 41.4 Å². The van der Waals surface area contributed by atoms with Crippen LogP contribution in [0.25, 0.3) is 0 Å². The largest absolute Gasteiger partial charge is 0.469 e. The number of esters is 1. The lowest BCUT2D eigenvalue weighted by Gasteiger charge is -2.30. The molecule has 2 N–H and O–H groups in total. The molecule has 7 nitrogen and oxygen atoms in total. The molecular weight excluding hydrogens is 431 g/mol. The first kappa shape index (κ1) is 22.3. The van der Waals surface area contributed by atoms with Gasteiger partial charge in [-0.2, -0.15) is 0 Å². The molecule has 9 heteroatoms. The van der Waals surface area contributed by atoms with Crippen molar-refractivity contribution in [2.75, 3.05) is 12.4 Å². The van der Waals surface area contributed by atoms with Crippen molar-refractivity contribution >= 4 is 46.7 Å². The minimum atomic E-state index is -1.86. The highest BCUT2D eigenvalue weighted by atomic mass is 35.5. The van der Waals surface area contributed by atoms with E-state index >= 15 is 0 Å². The monoisotopic (exact) mass is 452 g/mol. The maximum atomic E-state index is 13.3. The normalized spacial score (nSPS) is 27.5. The molecule has 2 unspecified atom stereocenters. The van der Waals surface area contributed by atoms with Crippen LogP contribution in [-0.2, 0) is 23.9 Å². The van der Waals surface area contributed by atoms with Gasteiger partial charge in [0.25, 0.3) is 11.8 Å². The van der Waals surface area contributed by atoms with Gasteiger partial charge in [-0.25, -0.2) is 0 Å². The van der Waals surface area contributed by atoms with Crippen LogP contribution in [0.2, 0.25) is 10.0 Å². The first-order chi connectivity index (χ1) is 14.1. The molecule has 1 heterocycles. The summed E-state index contributed by atoms with van der Waals surface area (Å²) >= 11 is 12.0. The van der Waals surface area contributed by atoms with Crippen molar-refractivity contribution in [3.05, 3.63) is 52.0 Å². The Morgan fingerprint density at radius 2 is 1.80 bits per heavy atom. The van der Waals surface area contributed by atoms with Gasteiger partial charge < -0.3 is 20.1 Å². The minimum absolute atomic E-state index is 0.340. The predicted molar refractivity (Wildman–Crippen MR) is 113 cm³/mol. The van der Waals surface area contributed by atoms with E-state index in [4.69, 9.17) is 32.7 Å². The van der Waals surface area contributed by atoms with E-state index < -0.39 is 35.5 Å². The highest BCUT2D eigenvalue weighted by molar-refractivity contribution is 6.35. The van der Waals surface area contributed by atoms with Crippen molar-refractivity contribution in [2.45, 2.75) is 38.0 Å². The summed E-state index contributed by atoms with van der Waals surface area (Å²) in [6.45, 7) is 3.40. The fraction of sp³-hybridized carbons (Fsp3) is 0.381. The molecule has 0 bridgehead atoms. The zero-order valence-corrected chi connectivity index (χ0v) is 18.2. The number of benzene rings is 1. The van der Waals surface area contributed by atoms with Gasteiger partial charge >= 0.3 is 5.97 Å². The van der Waals surface area contributed by atoms with Gasteiger partial charge in [-0.3, -0.25) is 14.4 Å². The second-order valence-electron chi connectivity index (χ2n) is 7.30. The van der Waals surface area contributed by atoms with E-state index in [-0.39, 0.29) is 5.97 Å². The Morgan fingerprint density at radius 3 is 2.37 bits per heavy atom. The smallest absolute Gasteiger partial charge is 0.312 e. The van der Waals surface area contributed by atoms with E-state index in [1.54, 1.807) is 32.1 Å². The fourth-order valence-electron chi connectivity index (χ4n) is 3.69. The SMILES string of the molecule is COC(=O)[C@@H]1C=C[C@H](NC(=O)C2(C(=O)Nc3cc(Cl)cc(Cl)c3)OC(C)C=C2C)C1. The van der Waals surface area contributed by atoms with Crippen LogP contribution in [0.1, 0.15) is 20.3 Å². The number of carbonyl (C=O) groups excluding carboxylic acids is 3. The van der Waals surface area contributed by atoms with Gasteiger partial charge in [0.05, 0.1) is 19.1 Å². The molecule has 0 saturated heterocycles. The Kier molecular flexibility index (Phi) is 6.55. The molecule has 4 atom stereocenters. The lowest BCUT2D eigenvalue weighted by Crippen LogP contribution is -2.58. The number of hydrogen-bond acceptors (Lipinski definition) is 5. The summed E-state index contributed by atoms with van der Waals surface area (Å²) in [6, 6.07) is 4.15. The molecule has 3 rings (SSSR count). The highest BCUT2D eigenvalue weighted by Gasteiger charge is 2.53. The summed E-state index contributed by atoms with van der Waals surface area (Å²) in [5.74, 6) is -2.11. The molecule has 30 heavy (non-hydrogen) atoms. The lowest BCUT2D eigenvalue weighted by atomic mass is 9.92. The third kappa shape index (κ3) is 4.38. The van der Waals surface area contributed by atoms with Gasteiger partial charge in [-0.05, 0) is 44.0 Å². The van der Waals surface area contributed by atoms with Gasteiger partial charge in [0.2, 0.25) is 5.60 Å². The predicted octanol–water partition coefficient (Wildman–Crippen LogP) is 3.27. The standard InChI is InChI=1S/C21H22Cl2N2O5/c1-11-6-12(2)30-21(11,20(28)25-17-9-14(22)8-15(23)10-17)19(27)24-16-5-4-13(7-16)18(26)29-3/h4-6,8-10,12-13,16H,7H2,1-3H3,(H,24,27)(H,25,28)/t12?,13-,16+,21?/m1/s1. The summed E-state index contributed by atoms with van der Waals surface area (Å²) in [6.07, 6.45) is 5.01. The van der Waals surface area contributed by atoms with Crippen LogP contribution in [-0.4, -0.2) is 42.6 Å². The average molecular weight is 453 g/mol. The van der Waals surface area contributed by atoms with Crippen LogP contribution in [0.4, 0.5) is 5.69 Å². The number of carbonyl (C=O) groups is 3. The maximum absolute atomic E-state index is 13.3. The Hall–Kier alpha value is -2.35. The zero-order valence-electron chi connectivity index (χ0n) is 16.7. The van der Waals surface area contributed by atoms with E-state index in [2.05, 4.69) is 10.6 Å². The van der Waals surface area contributed by atoms with Crippen molar-refractivity contribution < 1.29 is 23.9 Å². The van der Waals surface area contributed by atoms with Crippen LogP contribution in [0.15, 0.2) is 42.0 Å². The number of methoxy groups -OCH3 is 1. The third-order valence-electron chi connectivity index (χ3n) is 5.07. The molecule has 1 aliphatic heterocycles. The lowest BCUT2D eigenvalue weighted by molar-refractivity contribution is -0.153. The highest BCUT2D eigenvalue weighted by Crippen LogP contribution is 2.34. The summed E-state index contributed by atoms with van der Waals surface area (Å²) in [5.41, 5.74) is -1.05. The van der Waals surface area contributed by atoms with E-state index in [1.165, 1.54) is 25.3 Å². The zero-order chi connectivity index (χ0) is 22.1. The summed E-state index contributed by atoms with van der Waals surface area (Å²) in [5, 5.41) is 6.16. The molecule has 0 aromatic heterocycles. The van der Waals surface area contributed by atoms with Crippen LogP contribution in [0, 0.1) is 5.92 Å². The molecule has 0 saturated carbocycles. The first-order valence-electron chi connectivity index (χ1n) is 9.37. The average Bonchev–Trinajstić information content (AvgIpc) is 3.24. The first-order valence-corrected chi connectivity index (χ1v) is 10.1. The molecule has 160 valence electrons. The Balaban J connectivity index is 1.81. The molecule has 0 radical (unpaired) electrons. The third-order valence-corrected chi connectivity index (χ3v) is 5.50. The molecule has 2 aliphatic rings. The van der Waals surface area contributed by atoms with Crippen LogP contribution in [0.5, 0.6) is 0 Å². The number of rotatable bonds is 5. The molecule has 2 amide bonds. The van der Waals surface area contributed by atoms with Crippen LogP contribution >= 0.6 is 23.2 Å². The van der Waals surface area contributed by atoms with Gasteiger partial charge in [-0.15, -0.1) is 0 Å². The van der Waals surface area contributed by atoms with E-state index in [0.717, 1.165) is 0 Å². The van der Waals surface area contributed by atoms with Crippen molar-refractivity contribution in [1.82, 2.24) is 5.32 Å². The van der Waals surface area contributed by atoms with E-state index in [0.29, 0.717) is 27.7 Å². The van der Waals surface area contributed by atoms with Crippen LogP contribution in [0.3, 0.4) is 0 Å². The molecule has 1 aromatic carbocycles. The second kappa shape index (κ2) is 8.79.